The Hall–Kier alpha value is -3.77. The number of aliphatic imine (C=N–C) groups is 1. The average Bonchev–Trinajstić information content (AvgIpc) is 2.73. The summed E-state index contributed by atoms with van der Waals surface area (Å²) in [6.45, 7) is 5.43. The molecule has 0 unspecified atom stereocenters. The van der Waals surface area contributed by atoms with E-state index in [-0.39, 0.29) is 35.9 Å². The normalized spacial score (nSPS) is 13.2. The van der Waals surface area contributed by atoms with E-state index in [4.69, 9.17) is 10.8 Å². The summed E-state index contributed by atoms with van der Waals surface area (Å²) >= 11 is 0. The van der Waals surface area contributed by atoms with Crippen molar-refractivity contribution in [2.24, 2.45) is 10.7 Å². The fourth-order valence-corrected chi connectivity index (χ4v) is 3.24. The maximum Gasteiger partial charge on any atom is 0.326 e. The zero-order valence-corrected chi connectivity index (χ0v) is 19.1. The van der Waals surface area contributed by atoms with Crippen LogP contribution in [0.3, 0.4) is 0 Å². The third-order valence-electron chi connectivity index (χ3n) is 3.95. The van der Waals surface area contributed by atoms with E-state index in [9.17, 15) is 13.2 Å². The maximum atomic E-state index is 12.0. The van der Waals surface area contributed by atoms with Gasteiger partial charge in [-0.2, -0.15) is 0 Å². The molecule has 2 aromatic rings. The second-order valence-electron chi connectivity index (χ2n) is 7.18. The van der Waals surface area contributed by atoms with Gasteiger partial charge in [0, 0.05) is 41.6 Å². The first-order valence-electron chi connectivity index (χ1n) is 9.80. The number of aromatic nitrogens is 2. The lowest BCUT2D eigenvalue weighted by Crippen LogP contribution is -2.27. The summed E-state index contributed by atoms with van der Waals surface area (Å²) in [5, 5.41) is 17.2. The number of nitrogens with two attached hydrogens (primary N) is 1. The van der Waals surface area contributed by atoms with Crippen molar-refractivity contribution in [1.82, 2.24) is 15.3 Å². The van der Waals surface area contributed by atoms with Crippen molar-refractivity contribution in [1.29, 1.82) is 0 Å². The van der Waals surface area contributed by atoms with Crippen LogP contribution in [-0.2, 0) is 9.84 Å². The molecule has 0 bridgehead atoms. The smallest absolute Gasteiger partial charge is 0.326 e. The highest BCUT2D eigenvalue weighted by atomic mass is 32.2. The molecule has 0 saturated carbocycles. The Bertz CT molecular complexity index is 1130. The fourth-order valence-electron chi connectivity index (χ4n) is 2.55. The van der Waals surface area contributed by atoms with Crippen LogP contribution in [0.5, 0.6) is 0 Å². The van der Waals surface area contributed by atoms with E-state index in [0.29, 0.717) is 16.9 Å². The van der Waals surface area contributed by atoms with Gasteiger partial charge < -0.3 is 21.5 Å². The predicted octanol–water partition coefficient (Wildman–Crippen LogP) is 1.24. The molecule has 11 nitrogen and oxygen atoms in total. The first-order chi connectivity index (χ1) is 15.6. The van der Waals surface area contributed by atoms with Crippen LogP contribution in [-0.4, -0.2) is 60.0 Å². The topological polar surface area (TPSA) is 172 Å². The number of aliphatic hydroxyl groups excluding tert-OH is 1. The zero-order chi connectivity index (χ0) is 24.4. The Balaban J connectivity index is 2.13. The summed E-state index contributed by atoms with van der Waals surface area (Å²) in [6, 6.07) is 7.35. The quantitative estimate of drug-likeness (QED) is 0.195. The standard InChI is InChI=1S/C21H27N7O4S/c1-14(25-15(2)12-29)11-18(13-33(3,31)32)26-19(22)16-5-7-17(8-6-16)27-21(30)28-20-23-9-4-10-24-20/h4-11,15,25,29H,1,12-13H2,2-3H3,(H2,22,26)(H2,23,24,27,28,30)/b18-11-/t15-/m0/s1. The van der Waals surface area contributed by atoms with Crippen molar-refractivity contribution in [3.63, 3.8) is 0 Å². The van der Waals surface area contributed by atoms with E-state index in [1.54, 1.807) is 37.3 Å². The van der Waals surface area contributed by atoms with Crippen LogP contribution in [0.15, 0.2) is 71.8 Å². The molecule has 0 fully saturated rings. The summed E-state index contributed by atoms with van der Waals surface area (Å²) in [4.78, 5) is 24.1. The third-order valence-corrected chi connectivity index (χ3v) is 4.77. The molecule has 0 saturated heterocycles. The fraction of sp³-hybridized carbons (Fsp3) is 0.238. The summed E-state index contributed by atoms with van der Waals surface area (Å²) in [5.41, 5.74) is 7.66. The number of hydrogen-bond donors (Lipinski definition) is 5. The number of nitrogens with one attached hydrogen (secondary N) is 3. The van der Waals surface area contributed by atoms with Gasteiger partial charge in [0.05, 0.1) is 18.1 Å². The molecule has 1 atom stereocenters. The summed E-state index contributed by atoms with van der Waals surface area (Å²) in [6.07, 6.45) is 5.56. The molecular weight excluding hydrogens is 446 g/mol. The number of sulfone groups is 1. The number of anilines is 2. The molecule has 2 amide bonds. The Morgan fingerprint density at radius 3 is 2.45 bits per heavy atom. The monoisotopic (exact) mass is 473 g/mol. The van der Waals surface area contributed by atoms with Gasteiger partial charge in [-0.25, -0.2) is 28.2 Å². The molecule has 1 aromatic carbocycles. The number of amides is 2. The van der Waals surface area contributed by atoms with Crippen molar-refractivity contribution in [3.05, 3.63) is 72.3 Å². The van der Waals surface area contributed by atoms with E-state index >= 15 is 0 Å². The molecule has 0 aliphatic carbocycles. The molecule has 0 spiro atoms. The van der Waals surface area contributed by atoms with Crippen LogP contribution in [0, 0.1) is 0 Å². The number of carbonyl (C=O) groups excluding carboxylic acids is 1. The number of amidine groups is 1. The molecule has 0 aliphatic rings. The van der Waals surface area contributed by atoms with Crippen molar-refractivity contribution in [3.8, 4) is 0 Å². The highest BCUT2D eigenvalue weighted by molar-refractivity contribution is 7.90. The maximum absolute atomic E-state index is 12.0. The van der Waals surface area contributed by atoms with Gasteiger partial charge in [0.1, 0.15) is 5.84 Å². The Morgan fingerprint density at radius 1 is 1.24 bits per heavy atom. The number of allylic oxidation sites excluding steroid dienone is 1. The molecule has 0 aliphatic heterocycles. The van der Waals surface area contributed by atoms with Crippen LogP contribution in [0.25, 0.3) is 0 Å². The van der Waals surface area contributed by atoms with Crippen LogP contribution in [0.1, 0.15) is 12.5 Å². The third kappa shape index (κ3) is 9.49. The minimum atomic E-state index is -3.39. The molecule has 12 heteroatoms. The molecule has 1 heterocycles. The Kier molecular flexibility index (Phi) is 9.07. The zero-order valence-electron chi connectivity index (χ0n) is 18.3. The molecule has 0 radical (unpaired) electrons. The molecule has 1 aromatic heterocycles. The van der Waals surface area contributed by atoms with Gasteiger partial charge in [0.25, 0.3) is 0 Å². The van der Waals surface area contributed by atoms with Crippen LogP contribution in [0.2, 0.25) is 0 Å². The van der Waals surface area contributed by atoms with Gasteiger partial charge in [-0.15, -0.1) is 0 Å². The van der Waals surface area contributed by atoms with Crippen molar-refractivity contribution < 1.29 is 18.3 Å². The molecule has 33 heavy (non-hydrogen) atoms. The number of nitrogens with zero attached hydrogens (tertiary/aromatic N) is 3. The molecule has 176 valence electrons. The summed E-state index contributed by atoms with van der Waals surface area (Å²) in [7, 11) is -3.39. The average molecular weight is 474 g/mol. The predicted molar refractivity (Wildman–Crippen MR) is 128 cm³/mol. The minimum Gasteiger partial charge on any atom is -0.394 e. The van der Waals surface area contributed by atoms with Gasteiger partial charge in [-0.05, 0) is 43.3 Å². The highest BCUT2D eigenvalue weighted by Crippen LogP contribution is 2.12. The Labute approximate surface area is 192 Å². The Morgan fingerprint density at radius 2 is 1.88 bits per heavy atom. The summed E-state index contributed by atoms with van der Waals surface area (Å²) in [5.74, 6) is -0.0947. The van der Waals surface area contributed by atoms with Gasteiger partial charge in [0.2, 0.25) is 5.95 Å². The second-order valence-corrected chi connectivity index (χ2v) is 9.33. The lowest BCUT2D eigenvalue weighted by molar-refractivity contribution is 0.259. The number of benzene rings is 1. The lowest BCUT2D eigenvalue weighted by Gasteiger charge is -2.13. The highest BCUT2D eigenvalue weighted by Gasteiger charge is 2.11. The van der Waals surface area contributed by atoms with Crippen LogP contribution in [0.4, 0.5) is 16.4 Å². The van der Waals surface area contributed by atoms with E-state index in [0.717, 1.165) is 6.26 Å². The second kappa shape index (κ2) is 11.7. The van der Waals surface area contributed by atoms with E-state index in [2.05, 4.69) is 37.5 Å². The SMILES string of the molecule is C=C(/C=C(CS(C)(=O)=O)\N=C(/N)c1ccc(NC(=O)Nc2ncccn2)cc1)N[C@@H](C)CO. The van der Waals surface area contributed by atoms with Gasteiger partial charge in [-0.3, -0.25) is 5.32 Å². The number of rotatable bonds is 10. The van der Waals surface area contributed by atoms with Gasteiger partial charge >= 0.3 is 6.03 Å². The van der Waals surface area contributed by atoms with Crippen molar-refractivity contribution in [2.45, 2.75) is 13.0 Å². The van der Waals surface area contributed by atoms with E-state index in [1.165, 1.54) is 18.5 Å². The van der Waals surface area contributed by atoms with Crippen molar-refractivity contribution in [2.75, 3.05) is 29.2 Å². The molecule has 2 rings (SSSR count). The van der Waals surface area contributed by atoms with E-state index in [1.807, 2.05) is 0 Å². The summed E-state index contributed by atoms with van der Waals surface area (Å²) < 4.78 is 23.6. The minimum absolute atomic E-state index is 0.0848. The number of aliphatic hydroxyl groups is 1. The van der Waals surface area contributed by atoms with Crippen molar-refractivity contribution >= 4 is 33.3 Å². The number of urea groups is 1. The van der Waals surface area contributed by atoms with E-state index < -0.39 is 15.9 Å². The number of carbonyl (C=O) groups is 1. The lowest BCUT2D eigenvalue weighted by atomic mass is 10.2. The number of hydrogen-bond acceptors (Lipinski definition) is 8. The van der Waals surface area contributed by atoms with Crippen LogP contribution < -0.4 is 21.7 Å². The van der Waals surface area contributed by atoms with Crippen LogP contribution >= 0.6 is 0 Å². The largest absolute Gasteiger partial charge is 0.394 e. The molecule has 6 N–H and O–H groups in total. The molecular formula is C21H27N7O4S. The van der Waals surface area contributed by atoms with Gasteiger partial charge in [-0.1, -0.05) is 6.58 Å². The van der Waals surface area contributed by atoms with Gasteiger partial charge in [0.15, 0.2) is 9.84 Å². The first-order valence-corrected chi connectivity index (χ1v) is 11.9. The first kappa shape index (κ1) is 25.5.